The molecule has 1 heterocycles. The van der Waals surface area contributed by atoms with E-state index < -0.39 is 0 Å². The molecule has 0 aromatic carbocycles. The van der Waals surface area contributed by atoms with Crippen molar-refractivity contribution in [1.82, 2.24) is 0 Å². The van der Waals surface area contributed by atoms with Crippen molar-refractivity contribution in [2.24, 2.45) is 5.92 Å². The Morgan fingerprint density at radius 1 is 1.67 bits per heavy atom. The van der Waals surface area contributed by atoms with Gasteiger partial charge in [-0.3, -0.25) is 0 Å². The lowest BCUT2D eigenvalue weighted by atomic mass is 9.94. The summed E-state index contributed by atoms with van der Waals surface area (Å²) in [4.78, 5) is 0. The molecule has 2 heteroatoms. The van der Waals surface area contributed by atoms with Gasteiger partial charge in [-0.1, -0.05) is 13.8 Å². The average Bonchev–Trinajstić information content (AvgIpc) is 1.62. The predicted molar refractivity (Wildman–Crippen MR) is 41.7 cm³/mol. The summed E-state index contributed by atoms with van der Waals surface area (Å²) < 4.78 is 0. The summed E-state index contributed by atoms with van der Waals surface area (Å²) in [6.45, 7) is 6.24. The Bertz CT molecular complexity index is 109. The van der Waals surface area contributed by atoms with E-state index in [1.54, 1.807) is 0 Å². The number of thioether (sulfide) groups is 1. The van der Waals surface area contributed by atoms with Gasteiger partial charge in [-0.2, -0.15) is 11.8 Å². The molecular weight excluding hydrogens is 132 g/mol. The average molecular weight is 146 g/mol. The minimum absolute atomic E-state index is 0.376. The second-order valence-corrected chi connectivity index (χ2v) is 4.46. The summed E-state index contributed by atoms with van der Waals surface area (Å²) in [6.07, 6.45) is 0. The zero-order valence-corrected chi connectivity index (χ0v) is 7.03. The number of hydrogen-bond acceptors (Lipinski definition) is 2. The summed E-state index contributed by atoms with van der Waals surface area (Å²) in [5.74, 6) is 1.52. The first-order chi connectivity index (χ1) is 4.04. The van der Waals surface area contributed by atoms with Gasteiger partial charge in [0, 0.05) is 11.0 Å². The van der Waals surface area contributed by atoms with Crippen molar-refractivity contribution in [3.05, 3.63) is 0 Å². The fourth-order valence-electron chi connectivity index (χ4n) is 1.33. The predicted octanol–water partition coefficient (Wildman–Crippen LogP) is 1.51. The van der Waals surface area contributed by atoms with Crippen LogP contribution in [0.25, 0.3) is 0 Å². The van der Waals surface area contributed by atoms with Gasteiger partial charge in [0.05, 0.1) is 5.60 Å². The fraction of sp³-hybridized carbons (Fsp3) is 1.00. The third kappa shape index (κ3) is 1.24. The number of rotatable bonds is 1. The lowest BCUT2D eigenvalue weighted by molar-refractivity contribution is 0.0545. The Balaban J connectivity index is 2.45. The van der Waals surface area contributed by atoms with Crippen molar-refractivity contribution in [3.63, 3.8) is 0 Å². The molecule has 0 radical (unpaired) electrons. The SMILES string of the molecule is CC(C)C1SCC1(C)O. The molecule has 2 atom stereocenters. The Morgan fingerprint density at radius 2 is 2.22 bits per heavy atom. The minimum Gasteiger partial charge on any atom is -0.388 e. The molecule has 9 heavy (non-hydrogen) atoms. The third-order valence-corrected chi connectivity index (χ3v) is 3.94. The van der Waals surface area contributed by atoms with Crippen LogP contribution in [0.4, 0.5) is 0 Å². The van der Waals surface area contributed by atoms with Crippen molar-refractivity contribution in [2.75, 3.05) is 5.75 Å². The zero-order valence-electron chi connectivity index (χ0n) is 6.22. The lowest BCUT2D eigenvalue weighted by Crippen LogP contribution is -2.51. The first-order valence-corrected chi connectivity index (χ1v) is 4.43. The van der Waals surface area contributed by atoms with Gasteiger partial charge >= 0.3 is 0 Å². The molecule has 1 aliphatic rings. The Kier molecular flexibility index (Phi) is 1.79. The summed E-state index contributed by atoms with van der Waals surface area (Å²) in [7, 11) is 0. The lowest BCUT2D eigenvalue weighted by Gasteiger charge is -2.44. The third-order valence-electron chi connectivity index (χ3n) is 1.77. The van der Waals surface area contributed by atoms with Crippen LogP contribution >= 0.6 is 11.8 Å². The van der Waals surface area contributed by atoms with Gasteiger partial charge in [0.2, 0.25) is 0 Å². The molecule has 0 aliphatic carbocycles. The standard InChI is InChI=1S/C7H14OS/c1-5(2)6-7(3,8)4-9-6/h5-6,8H,4H2,1-3H3. The maximum absolute atomic E-state index is 9.52. The number of hydrogen-bond donors (Lipinski definition) is 1. The first kappa shape index (κ1) is 7.42. The molecule has 1 N–H and O–H groups in total. The zero-order chi connectivity index (χ0) is 7.07. The van der Waals surface area contributed by atoms with E-state index in [4.69, 9.17) is 0 Å². The second kappa shape index (κ2) is 2.17. The van der Waals surface area contributed by atoms with Crippen LogP contribution in [0.2, 0.25) is 0 Å². The molecule has 1 saturated heterocycles. The highest BCUT2D eigenvalue weighted by molar-refractivity contribution is 8.01. The highest BCUT2D eigenvalue weighted by atomic mass is 32.2. The molecule has 0 amide bonds. The highest BCUT2D eigenvalue weighted by Gasteiger charge is 2.43. The molecule has 1 aliphatic heterocycles. The van der Waals surface area contributed by atoms with Gasteiger partial charge in [-0.05, 0) is 12.8 Å². The van der Waals surface area contributed by atoms with Crippen molar-refractivity contribution in [3.8, 4) is 0 Å². The van der Waals surface area contributed by atoms with E-state index >= 15 is 0 Å². The molecule has 1 nitrogen and oxygen atoms in total. The molecule has 0 aromatic heterocycles. The van der Waals surface area contributed by atoms with Gasteiger partial charge in [-0.15, -0.1) is 0 Å². The second-order valence-electron chi connectivity index (χ2n) is 3.33. The van der Waals surface area contributed by atoms with Gasteiger partial charge in [-0.25, -0.2) is 0 Å². The van der Waals surface area contributed by atoms with Crippen LogP contribution in [0.3, 0.4) is 0 Å². The van der Waals surface area contributed by atoms with Crippen LogP contribution in [0.5, 0.6) is 0 Å². The highest BCUT2D eigenvalue weighted by Crippen LogP contribution is 2.42. The van der Waals surface area contributed by atoms with Crippen molar-refractivity contribution in [1.29, 1.82) is 0 Å². The van der Waals surface area contributed by atoms with Crippen LogP contribution in [-0.4, -0.2) is 21.7 Å². The topological polar surface area (TPSA) is 20.2 Å². The van der Waals surface area contributed by atoms with E-state index in [2.05, 4.69) is 13.8 Å². The molecule has 2 unspecified atom stereocenters. The van der Waals surface area contributed by atoms with Gasteiger partial charge < -0.3 is 5.11 Å². The van der Waals surface area contributed by atoms with Crippen LogP contribution < -0.4 is 0 Å². The molecule has 1 rings (SSSR count). The van der Waals surface area contributed by atoms with E-state index in [1.807, 2.05) is 18.7 Å². The van der Waals surface area contributed by atoms with Crippen LogP contribution in [0.15, 0.2) is 0 Å². The maximum atomic E-state index is 9.52. The van der Waals surface area contributed by atoms with Gasteiger partial charge in [0.15, 0.2) is 0 Å². The Morgan fingerprint density at radius 3 is 2.22 bits per heavy atom. The van der Waals surface area contributed by atoms with E-state index in [1.165, 1.54) is 0 Å². The molecule has 0 bridgehead atoms. The Labute approximate surface area is 60.8 Å². The van der Waals surface area contributed by atoms with Gasteiger partial charge in [0.1, 0.15) is 0 Å². The molecule has 0 aromatic rings. The number of aliphatic hydroxyl groups is 1. The van der Waals surface area contributed by atoms with E-state index in [0.29, 0.717) is 11.2 Å². The summed E-state index contributed by atoms with van der Waals surface area (Å²) in [6, 6.07) is 0. The van der Waals surface area contributed by atoms with Crippen LogP contribution in [0, 0.1) is 5.92 Å². The van der Waals surface area contributed by atoms with E-state index in [0.717, 1.165) is 5.75 Å². The molecule has 1 fully saturated rings. The smallest absolute Gasteiger partial charge is 0.0830 e. The van der Waals surface area contributed by atoms with Crippen LogP contribution in [0.1, 0.15) is 20.8 Å². The summed E-state index contributed by atoms with van der Waals surface area (Å²) in [5.41, 5.74) is -0.376. The summed E-state index contributed by atoms with van der Waals surface area (Å²) >= 11 is 1.87. The maximum Gasteiger partial charge on any atom is 0.0830 e. The summed E-state index contributed by atoms with van der Waals surface area (Å²) in [5, 5.41) is 9.99. The normalized spacial score (nSPS) is 43.0. The first-order valence-electron chi connectivity index (χ1n) is 3.38. The van der Waals surface area contributed by atoms with Crippen molar-refractivity contribution < 1.29 is 5.11 Å². The van der Waals surface area contributed by atoms with E-state index in [-0.39, 0.29) is 5.60 Å². The molecular formula is C7H14OS. The van der Waals surface area contributed by atoms with Gasteiger partial charge in [0.25, 0.3) is 0 Å². The molecule has 54 valence electrons. The monoisotopic (exact) mass is 146 g/mol. The van der Waals surface area contributed by atoms with Crippen LogP contribution in [-0.2, 0) is 0 Å². The minimum atomic E-state index is -0.376. The van der Waals surface area contributed by atoms with Crippen molar-refractivity contribution >= 4 is 11.8 Å². The Hall–Kier alpha value is 0.310. The molecule has 0 spiro atoms. The largest absolute Gasteiger partial charge is 0.388 e. The molecule has 0 saturated carbocycles. The quantitative estimate of drug-likeness (QED) is 0.605. The van der Waals surface area contributed by atoms with E-state index in [9.17, 15) is 5.11 Å². The van der Waals surface area contributed by atoms with Crippen molar-refractivity contribution in [2.45, 2.75) is 31.6 Å². The fourth-order valence-corrected chi connectivity index (χ4v) is 2.56.